The standard InChI is InChI=1S/C25H26ClN5O.C25H26FN5O.C25H27N5O.C24H21FN6/c1-19(27-10-2-3-21-17-29-30-18-21)22-7-8-24(31-11-13-32-14-12-31)23(15-22)6-4-20-5-9-25(26)28-16-20;1-19(27-10-2-3-20-16-29-30-17-20)21-5-9-25(31-11-13-32-14-12-31)22(15-21)4-7-24-8-6-23(26)18-28-24;1-20(27-10-2-3-22-18-28-29-19-22)23-6-7-25(30-13-15-31-16-14-30)24(17-23)5-4-21-8-11-26-12-9-21;1-18(26-12-2-3-20-14-27-28-15-20)21-8-11-24(31-16-29-30-17-31)22(13-21)7-4-19-5-9-23(25)10-6-19/h5,7-9,15-18,27H,1-3,10-14H2,(H,29,30);5-6,8-9,15-18,27H,1-3,10-14H2,(H,29,30);6-9,11-12,17-19,27H,1-3,10,13-16H2,(H,28,29);5-6,8-11,13-17,26H,1-3,12H2,(H,27,28). The molecule has 24 nitrogen and oxygen atoms in total. The van der Waals surface area contributed by atoms with Gasteiger partial charge in [-0.05, 0) is 211 Å². The van der Waals surface area contributed by atoms with Gasteiger partial charge in [0.15, 0.2) is 0 Å². The zero-order valence-electron chi connectivity index (χ0n) is 70.3. The number of benzene rings is 5. The number of nitrogens with one attached hydrogen (secondary N) is 8. The van der Waals surface area contributed by atoms with Gasteiger partial charge in [0.1, 0.15) is 35.1 Å². The summed E-state index contributed by atoms with van der Waals surface area (Å²) in [5.41, 5.74) is 23.1. The lowest BCUT2D eigenvalue weighted by Crippen LogP contribution is -2.36. The van der Waals surface area contributed by atoms with E-state index in [1.807, 2.05) is 92.0 Å². The molecule has 8 aromatic heterocycles. The molecule has 0 bridgehead atoms. The van der Waals surface area contributed by atoms with Crippen molar-refractivity contribution in [1.29, 1.82) is 0 Å². The third kappa shape index (κ3) is 27.9. The summed E-state index contributed by atoms with van der Waals surface area (Å²) in [5.74, 6) is 25.1. The lowest BCUT2D eigenvalue weighted by atomic mass is 10.0. The third-order valence-electron chi connectivity index (χ3n) is 20.6. The van der Waals surface area contributed by atoms with E-state index in [9.17, 15) is 8.78 Å². The van der Waals surface area contributed by atoms with Gasteiger partial charge in [-0.3, -0.25) is 29.9 Å². The number of halogens is 3. The van der Waals surface area contributed by atoms with Gasteiger partial charge in [0, 0.05) is 171 Å². The number of hydrogen-bond acceptors (Lipinski definition) is 19. The van der Waals surface area contributed by atoms with Gasteiger partial charge in [0.05, 0.1) is 93.4 Å². The van der Waals surface area contributed by atoms with Crippen LogP contribution in [0.4, 0.5) is 25.8 Å². The van der Waals surface area contributed by atoms with Crippen molar-refractivity contribution in [1.82, 2.24) is 91.8 Å². The van der Waals surface area contributed by atoms with Crippen molar-refractivity contribution in [2.45, 2.75) is 51.4 Å². The zero-order valence-corrected chi connectivity index (χ0v) is 71.0. The number of ether oxygens (including phenoxy) is 3. The van der Waals surface area contributed by atoms with E-state index in [1.54, 1.807) is 60.1 Å². The lowest BCUT2D eigenvalue weighted by Gasteiger charge is -2.30. The quantitative estimate of drug-likeness (QED) is 0.0129. The Morgan fingerprint density at radius 3 is 1.08 bits per heavy atom. The minimum Gasteiger partial charge on any atom is -0.385 e. The fraction of sp³-hybridized carbons (Fsp3) is 0.242. The maximum absolute atomic E-state index is 13.2. The predicted octanol–water partition coefficient (Wildman–Crippen LogP) is 14.2. The highest BCUT2D eigenvalue weighted by Crippen LogP contribution is 2.30. The van der Waals surface area contributed by atoms with Gasteiger partial charge in [-0.2, -0.15) is 20.4 Å². The van der Waals surface area contributed by atoms with Crippen molar-refractivity contribution in [3.8, 4) is 53.1 Å². The molecule has 16 rings (SSSR count). The highest BCUT2D eigenvalue weighted by Gasteiger charge is 2.20. The SMILES string of the molecule is C=C(NCCCc1cn[nH]c1)c1ccc(-n2cnnc2)c(C#Cc2ccc(F)cc2)c1.C=C(NCCCc1cn[nH]c1)c1ccc(N2CCOCC2)c(C#Cc2ccc(Cl)nc2)c1.C=C(NCCCc1cn[nH]c1)c1ccc(N2CCOCC2)c(C#Cc2ccc(F)cn2)c1.C=C(NCCCc1cn[nH]c1)c1ccc(N2CCOCC2)c(C#Cc2ccncc2)c1. The fourth-order valence-electron chi connectivity index (χ4n) is 13.7. The molecule has 126 heavy (non-hydrogen) atoms. The molecule has 3 fully saturated rings. The van der Waals surface area contributed by atoms with Crippen molar-refractivity contribution in [3.05, 3.63) is 353 Å². The number of H-pyrrole nitrogens is 4. The molecule has 27 heteroatoms. The second kappa shape index (κ2) is 47.7. The smallest absolute Gasteiger partial charge is 0.141 e. The first-order chi connectivity index (χ1) is 61.9. The highest BCUT2D eigenvalue weighted by molar-refractivity contribution is 6.29. The third-order valence-corrected chi connectivity index (χ3v) is 20.8. The maximum Gasteiger partial charge on any atom is 0.141 e. The minimum atomic E-state index is -0.373. The van der Waals surface area contributed by atoms with Crippen LogP contribution in [-0.4, -0.2) is 176 Å². The van der Waals surface area contributed by atoms with E-state index in [0.717, 1.165) is 250 Å². The van der Waals surface area contributed by atoms with Gasteiger partial charge >= 0.3 is 0 Å². The van der Waals surface area contributed by atoms with Crippen LogP contribution in [0.2, 0.25) is 5.15 Å². The largest absolute Gasteiger partial charge is 0.385 e. The van der Waals surface area contributed by atoms with E-state index in [1.165, 1.54) is 46.6 Å². The number of rotatable bonds is 28. The Kier molecular flexibility index (Phi) is 33.7. The van der Waals surface area contributed by atoms with E-state index in [4.69, 9.17) is 25.8 Å². The molecular formula is C99H100ClF2N21O3. The van der Waals surface area contributed by atoms with Gasteiger partial charge in [0.2, 0.25) is 0 Å². The molecule has 0 atom stereocenters. The molecule has 8 N–H and O–H groups in total. The number of pyridine rings is 3. The lowest BCUT2D eigenvalue weighted by molar-refractivity contribution is 0.122. The van der Waals surface area contributed by atoms with Gasteiger partial charge in [0.25, 0.3) is 0 Å². The molecule has 0 saturated carbocycles. The van der Waals surface area contributed by atoms with Crippen LogP contribution in [0.25, 0.3) is 28.5 Å². The molecular weight excluding hydrogens is 1600 g/mol. The first-order valence-electron chi connectivity index (χ1n) is 41.9. The van der Waals surface area contributed by atoms with Crippen LogP contribution < -0.4 is 36.0 Å². The van der Waals surface area contributed by atoms with E-state index in [-0.39, 0.29) is 11.6 Å². The summed E-state index contributed by atoms with van der Waals surface area (Å²) in [6.45, 7) is 29.5. The van der Waals surface area contributed by atoms with Crippen molar-refractivity contribution >= 4 is 51.5 Å². The Labute approximate surface area is 738 Å². The van der Waals surface area contributed by atoms with E-state index < -0.39 is 0 Å². The highest BCUT2D eigenvalue weighted by atomic mass is 35.5. The number of nitrogens with zero attached hydrogens (tertiary/aromatic N) is 13. The van der Waals surface area contributed by atoms with Gasteiger partial charge in [-0.15, -0.1) is 10.2 Å². The summed E-state index contributed by atoms with van der Waals surface area (Å²) >= 11 is 5.89. The van der Waals surface area contributed by atoms with Crippen molar-refractivity contribution < 1.29 is 23.0 Å². The Morgan fingerprint density at radius 1 is 0.373 bits per heavy atom. The van der Waals surface area contributed by atoms with Gasteiger partial charge < -0.3 is 50.2 Å². The number of morpholine rings is 3. The average Bonchev–Trinajstić information content (AvgIpc) is 1.20. The zero-order chi connectivity index (χ0) is 87.1. The maximum atomic E-state index is 13.2. The van der Waals surface area contributed by atoms with Crippen LogP contribution in [0.5, 0.6) is 0 Å². The normalized spacial score (nSPS) is 12.6. The summed E-state index contributed by atoms with van der Waals surface area (Å²) in [5, 5.41) is 49.2. The van der Waals surface area contributed by atoms with E-state index in [0.29, 0.717) is 24.1 Å². The fourth-order valence-corrected chi connectivity index (χ4v) is 13.8. The first kappa shape index (κ1) is 89.1. The van der Waals surface area contributed by atoms with Crippen LogP contribution in [-0.2, 0) is 39.9 Å². The Bertz CT molecular complexity index is 5710. The molecule has 0 radical (unpaired) electrons. The molecule has 11 heterocycles. The van der Waals surface area contributed by atoms with Gasteiger partial charge in [-0.1, -0.05) is 104 Å². The molecule has 13 aromatic rings. The number of aromatic amines is 4. The van der Waals surface area contributed by atoms with Crippen LogP contribution in [0.15, 0.2) is 247 Å². The topological polar surface area (TPSA) is 270 Å². The van der Waals surface area contributed by atoms with E-state index in [2.05, 4.69) is 224 Å². The Hall–Kier alpha value is -14.6. The monoisotopic (exact) mass is 1700 g/mol. The van der Waals surface area contributed by atoms with Crippen molar-refractivity contribution in [2.75, 3.05) is 120 Å². The van der Waals surface area contributed by atoms with E-state index >= 15 is 0 Å². The summed E-state index contributed by atoms with van der Waals surface area (Å²) in [6.07, 6.45) is 32.6. The average molecular weight is 1710 g/mol. The molecule has 0 unspecified atom stereocenters. The summed E-state index contributed by atoms with van der Waals surface area (Å²) in [7, 11) is 0. The molecule has 3 aliphatic rings. The summed E-state index contributed by atoms with van der Waals surface area (Å²) in [6, 6.07) is 41.4. The van der Waals surface area contributed by atoms with Crippen molar-refractivity contribution in [2.24, 2.45) is 0 Å². The predicted molar refractivity (Wildman–Crippen MR) is 494 cm³/mol. The Balaban J connectivity index is 0.000000144. The molecule has 0 aliphatic carbocycles. The summed E-state index contributed by atoms with van der Waals surface area (Å²) in [4.78, 5) is 19.2. The molecule has 3 saturated heterocycles. The second-order valence-corrected chi connectivity index (χ2v) is 29.9. The van der Waals surface area contributed by atoms with Crippen molar-refractivity contribution in [3.63, 3.8) is 0 Å². The minimum absolute atomic E-state index is 0.284. The number of aromatic nitrogens is 14. The molecule has 0 spiro atoms. The molecule has 0 amide bonds. The van der Waals surface area contributed by atoms with Crippen LogP contribution in [0.3, 0.4) is 0 Å². The van der Waals surface area contributed by atoms with Crippen LogP contribution in [0, 0.1) is 59.0 Å². The summed E-state index contributed by atoms with van der Waals surface area (Å²) < 4.78 is 44.7. The number of anilines is 3. The number of aryl methyl sites for hydroxylation is 4. The van der Waals surface area contributed by atoms with Crippen LogP contribution >= 0.6 is 11.6 Å². The number of hydrogen-bond donors (Lipinski definition) is 8. The Morgan fingerprint density at radius 2 is 0.722 bits per heavy atom. The first-order valence-corrected chi connectivity index (χ1v) is 42.2. The van der Waals surface area contributed by atoms with Crippen LogP contribution in [0.1, 0.15) is 115 Å². The molecule has 5 aromatic carbocycles. The van der Waals surface area contributed by atoms with Gasteiger partial charge in [-0.25, -0.2) is 18.7 Å². The second-order valence-electron chi connectivity index (χ2n) is 29.5. The molecule has 640 valence electrons. The molecule has 3 aliphatic heterocycles.